The lowest BCUT2D eigenvalue weighted by Gasteiger charge is -2.41. The van der Waals surface area contributed by atoms with Crippen LogP contribution in [-0.4, -0.2) is 10.7 Å². The lowest BCUT2D eigenvalue weighted by atomic mass is 9.68. The van der Waals surface area contributed by atoms with Crippen LogP contribution in [0.3, 0.4) is 0 Å². The Morgan fingerprint density at radius 3 is 2.44 bits per heavy atom. The summed E-state index contributed by atoms with van der Waals surface area (Å²) in [4.78, 5) is 0. The maximum Gasteiger partial charge on any atom is 0.0693 e. The lowest BCUT2D eigenvalue weighted by molar-refractivity contribution is -0.0382. The maximum absolute atomic E-state index is 10.8. The van der Waals surface area contributed by atoms with Crippen molar-refractivity contribution in [3.8, 4) is 0 Å². The molecule has 0 spiro atoms. The molecule has 0 heterocycles. The SMILES string of the molecule is Cc1ccc(CC2(O)CCCC(C)(C)C2)cc1C. The van der Waals surface area contributed by atoms with Crippen molar-refractivity contribution in [3.63, 3.8) is 0 Å². The molecule has 0 radical (unpaired) electrons. The van der Waals surface area contributed by atoms with Gasteiger partial charge in [0.05, 0.1) is 5.60 Å². The molecule has 1 aromatic carbocycles. The van der Waals surface area contributed by atoms with Crippen molar-refractivity contribution in [2.45, 2.75) is 65.4 Å². The van der Waals surface area contributed by atoms with E-state index in [-0.39, 0.29) is 5.41 Å². The highest BCUT2D eigenvalue weighted by Crippen LogP contribution is 2.42. The van der Waals surface area contributed by atoms with Crippen LogP contribution in [0.25, 0.3) is 0 Å². The van der Waals surface area contributed by atoms with Gasteiger partial charge in [-0.1, -0.05) is 38.5 Å². The monoisotopic (exact) mass is 246 g/mol. The van der Waals surface area contributed by atoms with Crippen LogP contribution in [-0.2, 0) is 6.42 Å². The third kappa shape index (κ3) is 3.14. The predicted octanol–water partition coefficient (Wildman–Crippen LogP) is 4.18. The molecule has 0 bridgehead atoms. The highest BCUT2D eigenvalue weighted by molar-refractivity contribution is 5.30. The zero-order valence-electron chi connectivity index (χ0n) is 12.2. The molecule has 1 unspecified atom stereocenters. The molecule has 1 nitrogen and oxygen atoms in total. The van der Waals surface area contributed by atoms with Crippen LogP contribution in [0.15, 0.2) is 18.2 Å². The van der Waals surface area contributed by atoms with Gasteiger partial charge >= 0.3 is 0 Å². The number of aliphatic hydroxyl groups is 1. The molecule has 0 aliphatic heterocycles. The van der Waals surface area contributed by atoms with Gasteiger partial charge in [0, 0.05) is 6.42 Å². The van der Waals surface area contributed by atoms with Gasteiger partial charge in [0.15, 0.2) is 0 Å². The normalized spacial score (nSPS) is 27.2. The number of aryl methyl sites for hydroxylation is 2. The maximum atomic E-state index is 10.8. The average molecular weight is 246 g/mol. The zero-order valence-corrected chi connectivity index (χ0v) is 12.2. The van der Waals surface area contributed by atoms with Gasteiger partial charge in [-0.3, -0.25) is 0 Å². The summed E-state index contributed by atoms with van der Waals surface area (Å²) in [5.74, 6) is 0. The molecule has 100 valence electrons. The molecular weight excluding hydrogens is 220 g/mol. The molecule has 1 N–H and O–H groups in total. The van der Waals surface area contributed by atoms with Gasteiger partial charge in [-0.15, -0.1) is 0 Å². The third-order valence-electron chi connectivity index (χ3n) is 4.41. The summed E-state index contributed by atoms with van der Waals surface area (Å²) in [7, 11) is 0. The van der Waals surface area contributed by atoms with Crippen LogP contribution >= 0.6 is 0 Å². The summed E-state index contributed by atoms with van der Waals surface area (Å²) < 4.78 is 0. The molecule has 0 aromatic heterocycles. The minimum absolute atomic E-state index is 0.284. The van der Waals surface area contributed by atoms with Crippen LogP contribution in [0, 0.1) is 19.3 Å². The first-order chi connectivity index (χ1) is 8.30. The third-order valence-corrected chi connectivity index (χ3v) is 4.41. The van der Waals surface area contributed by atoms with Crippen molar-refractivity contribution in [3.05, 3.63) is 34.9 Å². The first-order valence-corrected chi connectivity index (χ1v) is 7.08. The molecule has 1 saturated carbocycles. The fourth-order valence-electron chi connectivity index (χ4n) is 3.41. The van der Waals surface area contributed by atoms with Crippen molar-refractivity contribution in [1.29, 1.82) is 0 Å². The van der Waals surface area contributed by atoms with E-state index in [1.165, 1.54) is 23.1 Å². The first kappa shape index (κ1) is 13.6. The molecule has 0 saturated heterocycles. The van der Waals surface area contributed by atoms with Gasteiger partial charge in [-0.05, 0) is 55.2 Å². The summed E-state index contributed by atoms with van der Waals surface area (Å²) in [6.07, 6.45) is 5.06. The summed E-state index contributed by atoms with van der Waals surface area (Å²) in [5.41, 5.74) is 3.72. The van der Waals surface area contributed by atoms with Crippen LogP contribution in [0.4, 0.5) is 0 Å². The molecule has 1 aromatic rings. The van der Waals surface area contributed by atoms with Gasteiger partial charge in [-0.2, -0.15) is 0 Å². The summed E-state index contributed by atoms with van der Waals surface area (Å²) >= 11 is 0. The van der Waals surface area contributed by atoms with Gasteiger partial charge in [0.25, 0.3) is 0 Å². The number of rotatable bonds is 2. The average Bonchev–Trinajstić information content (AvgIpc) is 2.21. The van der Waals surface area contributed by atoms with Crippen LogP contribution < -0.4 is 0 Å². The Hall–Kier alpha value is -0.820. The Morgan fingerprint density at radius 2 is 1.83 bits per heavy atom. The molecule has 1 atom stereocenters. The van der Waals surface area contributed by atoms with E-state index >= 15 is 0 Å². The fraction of sp³-hybridized carbons (Fsp3) is 0.647. The van der Waals surface area contributed by atoms with E-state index in [2.05, 4.69) is 45.9 Å². The second-order valence-electron chi connectivity index (χ2n) is 7.01. The predicted molar refractivity (Wildman–Crippen MR) is 76.8 cm³/mol. The molecule has 2 rings (SSSR count). The van der Waals surface area contributed by atoms with Crippen LogP contribution in [0.5, 0.6) is 0 Å². The summed E-state index contributed by atoms with van der Waals surface area (Å²) in [5, 5.41) is 10.8. The Balaban J connectivity index is 2.14. The second kappa shape index (κ2) is 4.70. The number of hydrogen-bond donors (Lipinski definition) is 1. The van der Waals surface area contributed by atoms with Crippen LogP contribution in [0.2, 0.25) is 0 Å². The number of hydrogen-bond acceptors (Lipinski definition) is 1. The molecule has 0 amide bonds. The molecular formula is C17H26O. The van der Waals surface area contributed by atoms with Crippen molar-refractivity contribution in [2.24, 2.45) is 5.41 Å². The van der Waals surface area contributed by atoms with Gasteiger partial charge in [0.1, 0.15) is 0 Å². The van der Waals surface area contributed by atoms with E-state index in [0.29, 0.717) is 0 Å². The Kier molecular flexibility index (Phi) is 3.55. The van der Waals surface area contributed by atoms with E-state index in [4.69, 9.17) is 0 Å². The highest BCUT2D eigenvalue weighted by Gasteiger charge is 2.38. The Bertz CT molecular complexity index is 433. The van der Waals surface area contributed by atoms with Crippen molar-refractivity contribution < 1.29 is 5.11 Å². The lowest BCUT2D eigenvalue weighted by Crippen LogP contribution is -2.40. The van der Waals surface area contributed by atoms with Crippen molar-refractivity contribution in [2.75, 3.05) is 0 Å². The van der Waals surface area contributed by atoms with E-state index in [1.807, 2.05) is 0 Å². The topological polar surface area (TPSA) is 20.2 Å². The fourth-order valence-corrected chi connectivity index (χ4v) is 3.41. The molecule has 1 heteroatoms. The molecule has 18 heavy (non-hydrogen) atoms. The van der Waals surface area contributed by atoms with E-state index < -0.39 is 5.60 Å². The standard InChI is InChI=1S/C17H26O/c1-13-6-7-15(10-14(13)2)11-17(18)9-5-8-16(3,4)12-17/h6-7,10,18H,5,8-9,11-12H2,1-4H3. The van der Waals surface area contributed by atoms with Gasteiger partial charge in [0.2, 0.25) is 0 Å². The largest absolute Gasteiger partial charge is 0.390 e. The first-order valence-electron chi connectivity index (χ1n) is 7.08. The van der Waals surface area contributed by atoms with E-state index in [1.54, 1.807) is 0 Å². The summed E-state index contributed by atoms with van der Waals surface area (Å²) in [6, 6.07) is 6.57. The molecule has 1 fully saturated rings. The van der Waals surface area contributed by atoms with Crippen molar-refractivity contribution in [1.82, 2.24) is 0 Å². The minimum atomic E-state index is -0.497. The second-order valence-corrected chi connectivity index (χ2v) is 7.01. The van der Waals surface area contributed by atoms with Gasteiger partial charge in [-0.25, -0.2) is 0 Å². The van der Waals surface area contributed by atoms with Crippen molar-refractivity contribution >= 4 is 0 Å². The Labute approximate surface area is 111 Å². The Morgan fingerprint density at radius 1 is 1.11 bits per heavy atom. The smallest absolute Gasteiger partial charge is 0.0693 e. The quantitative estimate of drug-likeness (QED) is 0.830. The number of benzene rings is 1. The molecule has 1 aliphatic rings. The highest BCUT2D eigenvalue weighted by atomic mass is 16.3. The van der Waals surface area contributed by atoms with Crippen LogP contribution in [0.1, 0.15) is 56.2 Å². The van der Waals surface area contributed by atoms with Gasteiger partial charge < -0.3 is 5.11 Å². The minimum Gasteiger partial charge on any atom is -0.390 e. The molecule has 1 aliphatic carbocycles. The van der Waals surface area contributed by atoms with E-state index in [0.717, 1.165) is 25.7 Å². The summed E-state index contributed by atoms with van der Waals surface area (Å²) in [6.45, 7) is 8.83. The zero-order chi connectivity index (χ0) is 13.4. The van der Waals surface area contributed by atoms with E-state index in [9.17, 15) is 5.11 Å².